The van der Waals surface area contributed by atoms with E-state index in [-0.39, 0.29) is 29.5 Å². The van der Waals surface area contributed by atoms with E-state index in [9.17, 15) is 9.18 Å². The summed E-state index contributed by atoms with van der Waals surface area (Å²) in [7, 11) is 0. The molecule has 23 heavy (non-hydrogen) atoms. The third-order valence-electron chi connectivity index (χ3n) is 8.12. The summed E-state index contributed by atoms with van der Waals surface area (Å²) >= 11 is 0. The molecule has 126 valence electrons. The molecule has 0 aliphatic heterocycles. The Morgan fingerprint density at radius 2 is 1.91 bits per heavy atom. The van der Waals surface area contributed by atoms with Crippen molar-refractivity contribution < 1.29 is 13.6 Å². The van der Waals surface area contributed by atoms with Crippen LogP contribution in [0.25, 0.3) is 0 Å². The van der Waals surface area contributed by atoms with Crippen LogP contribution in [-0.2, 0) is 4.79 Å². The number of allylic oxidation sites excluding steroid dienone is 4. The fourth-order valence-corrected chi connectivity index (χ4v) is 6.34. The fraction of sp³-hybridized carbons (Fsp3) is 0.750. The van der Waals surface area contributed by atoms with Crippen molar-refractivity contribution in [2.24, 2.45) is 28.6 Å². The molecule has 0 aromatic heterocycles. The molecule has 4 aliphatic carbocycles. The van der Waals surface area contributed by atoms with Gasteiger partial charge in [0.05, 0.1) is 0 Å². The second kappa shape index (κ2) is 4.55. The van der Waals surface area contributed by atoms with Crippen molar-refractivity contribution in [1.29, 1.82) is 0 Å². The zero-order valence-corrected chi connectivity index (χ0v) is 14.2. The Morgan fingerprint density at radius 3 is 2.65 bits per heavy atom. The lowest BCUT2D eigenvalue weighted by molar-refractivity contribution is -0.136. The maximum absolute atomic E-state index is 16.4. The van der Waals surface area contributed by atoms with Crippen LogP contribution in [-0.4, -0.2) is 17.6 Å². The maximum atomic E-state index is 16.4. The van der Waals surface area contributed by atoms with Crippen molar-refractivity contribution in [1.82, 2.24) is 0 Å². The number of carbonyl (C=O) groups is 1. The summed E-state index contributed by atoms with van der Waals surface area (Å²) in [6.45, 7) is 6.37. The molecule has 0 heterocycles. The van der Waals surface area contributed by atoms with Gasteiger partial charge in [-0.25, -0.2) is 8.78 Å². The number of alkyl halides is 2. The summed E-state index contributed by atoms with van der Waals surface area (Å²) in [5, 5.41) is 0. The smallest absolute Gasteiger partial charge is 0.178 e. The second-order valence-electron chi connectivity index (χ2n) is 8.80. The Hall–Kier alpha value is -0.990. The third kappa shape index (κ3) is 1.74. The van der Waals surface area contributed by atoms with Crippen LogP contribution in [0.15, 0.2) is 23.8 Å². The quantitative estimate of drug-likeness (QED) is 0.616. The molecule has 0 radical (unpaired) electrons. The van der Waals surface area contributed by atoms with Crippen LogP contribution in [0.3, 0.4) is 0 Å². The molecule has 0 aromatic rings. The van der Waals surface area contributed by atoms with Gasteiger partial charge in [0.25, 0.3) is 0 Å². The third-order valence-corrected chi connectivity index (χ3v) is 8.12. The number of rotatable bonds is 0. The largest absolute Gasteiger partial charge is 0.290 e. The predicted octanol–water partition coefficient (Wildman–Crippen LogP) is 4.97. The second-order valence-corrected chi connectivity index (χ2v) is 8.80. The van der Waals surface area contributed by atoms with Gasteiger partial charge in [-0.3, -0.25) is 4.79 Å². The number of halogens is 2. The molecule has 5 unspecified atom stereocenters. The number of hydrogen-bond acceptors (Lipinski definition) is 1. The molecule has 4 rings (SSSR count). The van der Waals surface area contributed by atoms with Crippen LogP contribution >= 0.6 is 0 Å². The van der Waals surface area contributed by atoms with Crippen LogP contribution < -0.4 is 0 Å². The van der Waals surface area contributed by atoms with E-state index >= 15 is 4.39 Å². The van der Waals surface area contributed by atoms with E-state index in [1.807, 2.05) is 6.92 Å². The van der Waals surface area contributed by atoms with E-state index in [2.05, 4.69) is 13.8 Å². The number of fused-ring (bicyclic) bond motifs is 5. The highest BCUT2D eigenvalue weighted by Crippen LogP contribution is 2.68. The summed E-state index contributed by atoms with van der Waals surface area (Å²) in [5.41, 5.74) is -1.87. The normalized spacial score (nSPS) is 55.0. The highest BCUT2D eigenvalue weighted by molar-refractivity contribution is 6.01. The van der Waals surface area contributed by atoms with Crippen LogP contribution in [0.2, 0.25) is 0 Å². The van der Waals surface area contributed by atoms with Crippen molar-refractivity contribution in [3.05, 3.63) is 23.8 Å². The SMILES string of the molecule is CC1CCC2C3C[C@H](F)C4=CC(=O)C=CC4(C)[C@@]3(F)CCC12C. The van der Waals surface area contributed by atoms with E-state index in [1.165, 1.54) is 12.2 Å². The van der Waals surface area contributed by atoms with Gasteiger partial charge in [-0.05, 0) is 74.0 Å². The average Bonchev–Trinajstić information content (AvgIpc) is 2.80. The van der Waals surface area contributed by atoms with Gasteiger partial charge in [0.1, 0.15) is 11.8 Å². The predicted molar refractivity (Wildman–Crippen MR) is 86.4 cm³/mol. The van der Waals surface area contributed by atoms with Crippen molar-refractivity contribution in [2.75, 3.05) is 0 Å². The van der Waals surface area contributed by atoms with Crippen LogP contribution in [0, 0.1) is 28.6 Å². The zero-order chi connectivity index (χ0) is 16.6. The Kier molecular flexibility index (Phi) is 3.07. The number of hydrogen-bond donors (Lipinski definition) is 0. The van der Waals surface area contributed by atoms with Crippen LogP contribution in [0.4, 0.5) is 8.78 Å². The highest BCUT2D eigenvalue weighted by atomic mass is 19.1. The molecule has 0 bridgehead atoms. The lowest BCUT2D eigenvalue weighted by Crippen LogP contribution is -2.61. The summed E-state index contributed by atoms with van der Waals surface area (Å²) in [6.07, 6.45) is 6.98. The standard InChI is InChI=1S/C20H26F2O/c1-12-4-5-14-15-11-17(21)16-10-13(23)6-7-19(16,3)20(15,22)9-8-18(12,14)2/h6-7,10,12,14-15,17H,4-5,8-9,11H2,1-3H3/t12?,14?,15?,17-,18?,19?,20+/m0/s1. The molecule has 3 fully saturated rings. The Labute approximate surface area is 137 Å². The van der Waals surface area contributed by atoms with Gasteiger partial charge in [-0.15, -0.1) is 0 Å². The lowest BCUT2D eigenvalue weighted by atomic mass is 9.46. The van der Waals surface area contributed by atoms with Gasteiger partial charge in [0.2, 0.25) is 0 Å². The van der Waals surface area contributed by atoms with Crippen molar-refractivity contribution in [3.8, 4) is 0 Å². The summed E-state index contributed by atoms with van der Waals surface area (Å²) in [5.74, 6) is 0.403. The van der Waals surface area contributed by atoms with E-state index in [1.54, 1.807) is 6.08 Å². The summed E-state index contributed by atoms with van der Waals surface area (Å²) in [4.78, 5) is 11.7. The first kappa shape index (κ1) is 15.5. The minimum absolute atomic E-state index is 0.145. The van der Waals surface area contributed by atoms with Crippen LogP contribution in [0.1, 0.15) is 52.9 Å². The molecule has 0 saturated heterocycles. The van der Waals surface area contributed by atoms with Gasteiger partial charge in [0.15, 0.2) is 5.78 Å². The summed E-state index contributed by atoms with van der Waals surface area (Å²) < 4.78 is 31.3. The van der Waals surface area contributed by atoms with Gasteiger partial charge in [-0.2, -0.15) is 0 Å². The molecule has 1 nitrogen and oxygen atoms in total. The molecule has 7 atom stereocenters. The minimum Gasteiger partial charge on any atom is -0.290 e. The molecular formula is C20H26F2O. The van der Waals surface area contributed by atoms with E-state index in [4.69, 9.17) is 0 Å². The van der Waals surface area contributed by atoms with Gasteiger partial charge in [0, 0.05) is 11.3 Å². The van der Waals surface area contributed by atoms with Crippen molar-refractivity contribution >= 4 is 5.78 Å². The van der Waals surface area contributed by atoms with Crippen LogP contribution in [0.5, 0.6) is 0 Å². The van der Waals surface area contributed by atoms with Gasteiger partial charge < -0.3 is 0 Å². The first-order chi connectivity index (χ1) is 10.7. The highest BCUT2D eigenvalue weighted by Gasteiger charge is 2.67. The summed E-state index contributed by atoms with van der Waals surface area (Å²) in [6, 6.07) is 0. The molecule has 0 spiro atoms. The monoisotopic (exact) mass is 320 g/mol. The van der Waals surface area contributed by atoms with E-state index in [0.717, 1.165) is 19.3 Å². The molecular weight excluding hydrogens is 294 g/mol. The van der Waals surface area contributed by atoms with E-state index < -0.39 is 17.3 Å². The number of ketones is 1. The first-order valence-electron chi connectivity index (χ1n) is 9.00. The zero-order valence-electron chi connectivity index (χ0n) is 14.2. The topological polar surface area (TPSA) is 17.1 Å². The molecule has 4 aliphatic rings. The Balaban J connectivity index is 1.81. The average molecular weight is 320 g/mol. The van der Waals surface area contributed by atoms with Gasteiger partial charge in [-0.1, -0.05) is 19.9 Å². The van der Waals surface area contributed by atoms with Gasteiger partial charge >= 0.3 is 0 Å². The first-order valence-corrected chi connectivity index (χ1v) is 9.00. The van der Waals surface area contributed by atoms with E-state index in [0.29, 0.717) is 17.9 Å². The Morgan fingerprint density at radius 1 is 1.17 bits per heavy atom. The lowest BCUT2D eigenvalue weighted by Gasteiger charge is -2.60. The fourth-order valence-electron chi connectivity index (χ4n) is 6.34. The van der Waals surface area contributed by atoms with Crippen molar-refractivity contribution in [2.45, 2.75) is 64.7 Å². The maximum Gasteiger partial charge on any atom is 0.178 e. The minimum atomic E-state index is -1.42. The van der Waals surface area contributed by atoms with Crippen molar-refractivity contribution in [3.63, 3.8) is 0 Å². The molecule has 0 aromatic carbocycles. The molecule has 3 heteroatoms. The molecule has 0 N–H and O–H groups in total. The Bertz CT molecular complexity index is 623. The molecule has 0 amide bonds. The number of carbonyl (C=O) groups excluding carboxylic acids is 1. The molecule has 3 saturated carbocycles.